The van der Waals surface area contributed by atoms with E-state index >= 15 is 0 Å². The van der Waals surface area contributed by atoms with Crippen molar-refractivity contribution in [3.63, 3.8) is 0 Å². The number of halogens is 1. The largest absolute Gasteiger partial charge is 1.00 e. The van der Waals surface area contributed by atoms with Gasteiger partial charge in [0.05, 0.1) is 18.7 Å². The first-order chi connectivity index (χ1) is 14.2. The number of carbonyl (C=O) groups excluding carboxylic acids is 2. The third kappa shape index (κ3) is 5.97. The number of carbonyl (C=O) groups is 3. The van der Waals surface area contributed by atoms with Gasteiger partial charge >= 0.3 is 5.97 Å². The molecule has 2 aromatic heterocycles. The van der Waals surface area contributed by atoms with Crippen LogP contribution in [0.2, 0.25) is 0 Å². The molecule has 0 radical (unpaired) electrons. The van der Waals surface area contributed by atoms with Gasteiger partial charge < -0.3 is 33.7 Å². The van der Waals surface area contributed by atoms with E-state index in [0.29, 0.717) is 17.8 Å². The number of hydrogen-bond donors (Lipinski definition) is 4. The summed E-state index contributed by atoms with van der Waals surface area (Å²) in [6, 6.07) is -1.15. The van der Waals surface area contributed by atoms with Crippen LogP contribution in [0.3, 0.4) is 0 Å². The first kappa shape index (κ1) is 24.7. The van der Waals surface area contributed by atoms with Crippen molar-refractivity contribution in [1.82, 2.24) is 15.3 Å². The lowest BCUT2D eigenvalue weighted by Gasteiger charge is -2.14. The normalized spacial score (nSPS) is 15.7. The molecule has 0 aliphatic heterocycles. The Hall–Kier alpha value is -2.61. The zero-order valence-electron chi connectivity index (χ0n) is 15.9. The zero-order valence-corrected chi connectivity index (χ0v) is 18.3. The second-order valence-electron chi connectivity index (χ2n) is 6.79. The molecule has 1 amide bonds. The molecule has 0 spiro atoms. The fourth-order valence-electron chi connectivity index (χ4n) is 2.53. The van der Waals surface area contributed by atoms with E-state index in [-0.39, 0.29) is 47.6 Å². The SMILES string of the molecule is [Cl-].[N-]=[N+]=NC(c1nc(C(=O)O)cs1)C(O)c1csc(CNC(=O)CC(=O)C2([NH3+])CC2)n1. The second-order valence-corrected chi connectivity index (χ2v) is 8.63. The number of nitrogens with zero attached hydrogens (tertiary/aromatic N) is 5. The van der Waals surface area contributed by atoms with E-state index in [1.807, 2.05) is 0 Å². The number of nitrogens with one attached hydrogen (secondary N) is 1. The molecule has 2 atom stereocenters. The Kier molecular flexibility index (Phi) is 8.06. The van der Waals surface area contributed by atoms with Crippen molar-refractivity contribution in [3.8, 4) is 0 Å². The highest BCUT2D eigenvalue weighted by molar-refractivity contribution is 7.10. The van der Waals surface area contributed by atoms with Crippen LogP contribution in [0.15, 0.2) is 15.9 Å². The maximum absolute atomic E-state index is 11.9. The predicted molar refractivity (Wildman–Crippen MR) is 104 cm³/mol. The van der Waals surface area contributed by atoms with Crippen LogP contribution in [0.5, 0.6) is 0 Å². The second kappa shape index (κ2) is 10.1. The summed E-state index contributed by atoms with van der Waals surface area (Å²) in [7, 11) is 0. The van der Waals surface area contributed by atoms with E-state index in [2.05, 4.69) is 31.0 Å². The third-order valence-corrected chi connectivity index (χ3v) is 6.33. The van der Waals surface area contributed by atoms with Gasteiger partial charge in [-0.15, -0.1) is 22.7 Å². The van der Waals surface area contributed by atoms with Crippen LogP contribution in [0.25, 0.3) is 10.4 Å². The fourth-order valence-corrected chi connectivity index (χ4v) is 4.14. The molecule has 1 aliphatic rings. The highest BCUT2D eigenvalue weighted by Crippen LogP contribution is 2.35. The Labute approximate surface area is 189 Å². The van der Waals surface area contributed by atoms with E-state index in [9.17, 15) is 19.5 Å². The van der Waals surface area contributed by atoms with E-state index < -0.39 is 29.6 Å². The number of carboxylic acids is 1. The van der Waals surface area contributed by atoms with E-state index in [0.717, 1.165) is 11.3 Å². The van der Waals surface area contributed by atoms with E-state index in [1.165, 1.54) is 22.1 Å². The number of quaternary nitrogens is 1. The van der Waals surface area contributed by atoms with E-state index in [1.54, 1.807) is 0 Å². The first-order valence-corrected chi connectivity index (χ1v) is 10.5. The number of aliphatic hydroxyl groups is 1. The van der Waals surface area contributed by atoms with Gasteiger partial charge in [-0.1, -0.05) is 5.11 Å². The van der Waals surface area contributed by atoms with Crippen LogP contribution in [-0.4, -0.2) is 43.4 Å². The monoisotopic (exact) mass is 487 g/mol. The highest BCUT2D eigenvalue weighted by Gasteiger charge is 2.50. The van der Waals surface area contributed by atoms with Gasteiger partial charge in [0.25, 0.3) is 0 Å². The van der Waals surface area contributed by atoms with Gasteiger partial charge in [0.2, 0.25) is 11.7 Å². The molecule has 31 heavy (non-hydrogen) atoms. The third-order valence-electron chi connectivity index (χ3n) is 4.54. The van der Waals surface area contributed by atoms with Gasteiger partial charge in [-0.05, 0) is 5.53 Å². The predicted octanol–water partition coefficient (Wildman–Crippen LogP) is -2.26. The summed E-state index contributed by atoms with van der Waals surface area (Å²) in [6.45, 7) is 0.0697. The molecule has 12 nitrogen and oxygen atoms in total. The molecule has 2 unspecified atom stereocenters. The number of rotatable bonds is 10. The van der Waals surface area contributed by atoms with Gasteiger partial charge in [-0.2, -0.15) is 0 Å². The molecule has 15 heteroatoms. The molecule has 6 N–H and O–H groups in total. The number of hydrogen-bond acceptors (Lipinski definition) is 9. The molecule has 1 saturated carbocycles. The molecule has 2 heterocycles. The van der Waals surface area contributed by atoms with Crippen LogP contribution in [0, 0.1) is 0 Å². The summed E-state index contributed by atoms with van der Waals surface area (Å²) >= 11 is 2.12. The lowest BCUT2D eigenvalue weighted by atomic mass is 10.1. The number of amides is 1. The van der Waals surface area contributed by atoms with Gasteiger partial charge in [0, 0.05) is 28.5 Å². The number of aromatic nitrogens is 2. The minimum atomic E-state index is -1.35. The Balaban J connectivity index is 0.00000341. The molecule has 1 fully saturated rings. The number of Topliss-reactive ketones (excluding diaryl/α,β-unsaturated/α-hetero) is 1. The fraction of sp³-hybridized carbons (Fsp3) is 0.438. The Morgan fingerprint density at radius 3 is 2.61 bits per heavy atom. The first-order valence-electron chi connectivity index (χ1n) is 8.74. The lowest BCUT2D eigenvalue weighted by molar-refractivity contribution is -0.420. The quantitative estimate of drug-likeness (QED) is 0.125. The highest BCUT2D eigenvalue weighted by atomic mass is 35.5. The molecule has 0 bridgehead atoms. The van der Waals surface area contributed by atoms with Crippen LogP contribution < -0.4 is 23.5 Å². The molecule has 0 saturated heterocycles. The van der Waals surface area contributed by atoms with Gasteiger partial charge in [0.15, 0.2) is 11.2 Å². The van der Waals surface area contributed by atoms with Gasteiger partial charge in [-0.3, -0.25) is 9.59 Å². The van der Waals surface area contributed by atoms with Crippen molar-refractivity contribution in [2.24, 2.45) is 5.11 Å². The van der Waals surface area contributed by atoms with Crippen molar-refractivity contribution in [3.05, 3.63) is 42.6 Å². The zero-order chi connectivity index (χ0) is 21.9. The molecular formula is C16H18ClN7O5S2. The molecule has 1 aliphatic carbocycles. The van der Waals surface area contributed by atoms with Crippen molar-refractivity contribution < 1.29 is 42.7 Å². The summed E-state index contributed by atoms with van der Waals surface area (Å²) in [4.78, 5) is 45.6. The standard InChI is InChI=1S/C16H17N7O5S2.ClH/c17-16(1-2-16)9(24)3-10(25)19-4-11-20-7(5-29-11)13(26)12(22-23-18)14-21-8(6-30-14)15(27)28;/h5-6,12-13,26H,1-4,17H2,(H,19,25)(H,27,28);1H. The number of ketones is 1. The topological polar surface area (TPSA) is 206 Å². The van der Waals surface area contributed by atoms with Crippen molar-refractivity contribution >= 4 is 40.3 Å². The number of thiazole rings is 2. The van der Waals surface area contributed by atoms with Crippen LogP contribution in [0.4, 0.5) is 0 Å². The van der Waals surface area contributed by atoms with E-state index in [4.69, 9.17) is 10.6 Å². The lowest BCUT2D eigenvalue weighted by Crippen LogP contribution is -3.00. The van der Waals surface area contributed by atoms with Crippen molar-refractivity contribution in [2.75, 3.05) is 0 Å². The number of aromatic carboxylic acids is 1. The smallest absolute Gasteiger partial charge is 0.355 e. The molecule has 0 aromatic carbocycles. The molecular weight excluding hydrogens is 470 g/mol. The maximum atomic E-state index is 11.9. The van der Waals surface area contributed by atoms with Gasteiger partial charge in [0.1, 0.15) is 22.2 Å². The summed E-state index contributed by atoms with van der Waals surface area (Å²) in [6.07, 6.45) is -0.186. The number of aliphatic hydroxyl groups excluding tert-OH is 1. The minimum absolute atomic E-state index is 0. The number of azide groups is 1. The van der Waals surface area contributed by atoms with Crippen molar-refractivity contribution in [1.29, 1.82) is 0 Å². The average molecular weight is 488 g/mol. The summed E-state index contributed by atoms with van der Waals surface area (Å²) in [5.41, 5.74) is 12.0. The van der Waals surface area contributed by atoms with Gasteiger partial charge in [-0.25, -0.2) is 14.8 Å². The van der Waals surface area contributed by atoms with Crippen LogP contribution >= 0.6 is 22.7 Å². The summed E-state index contributed by atoms with van der Waals surface area (Å²) in [5, 5.41) is 29.1. The Morgan fingerprint density at radius 2 is 2.03 bits per heavy atom. The summed E-state index contributed by atoms with van der Waals surface area (Å²) in [5.74, 6) is -1.84. The minimum Gasteiger partial charge on any atom is -1.00 e. The van der Waals surface area contributed by atoms with Crippen LogP contribution in [-0.2, 0) is 16.1 Å². The number of carboxylic acid groups (broad SMARTS) is 1. The average Bonchev–Trinajstić information content (AvgIpc) is 3.13. The molecule has 166 valence electrons. The Morgan fingerprint density at radius 1 is 1.32 bits per heavy atom. The van der Waals surface area contributed by atoms with Crippen molar-refractivity contribution in [2.45, 2.75) is 43.5 Å². The Bertz CT molecular complexity index is 1030. The molecule has 3 rings (SSSR count). The van der Waals surface area contributed by atoms with Crippen LogP contribution in [0.1, 0.15) is 57.6 Å². The maximum Gasteiger partial charge on any atom is 0.355 e. The molecule has 2 aromatic rings. The summed E-state index contributed by atoms with van der Waals surface area (Å²) < 4.78 is 0.